The molecule has 2 aromatic rings. The van der Waals surface area contributed by atoms with Crippen molar-refractivity contribution >= 4 is 45.1 Å². The van der Waals surface area contributed by atoms with Crippen molar-refractivity contribution in [3.05, 3.63) is 52.5 Å². The molecule has 2 rings (SSSR count). The zero-order valence-electron chi connectivity index (χ0n) is 13.2. The maximum atomic E-state index is 11.9. The lowest BCUT2D eigenvalue weighted by molar-refractivity contribution is -0.119. The van der Waals surface area contributed by atoms with Gasteiger partial charge in [0.1, 0.15) is 11.3 Å². The van der Waals surface area contributed by atoms with Crippen molar-refractivity contribution < 1.29 is 24.2 Å². The van der Waals surface area contributed by atoms with Gasteiger partial charge in [-0.05, 0) is 36.4 Å². The molecule has 2 aromatic carbocycles. The van der Waals surface area contributed by atoms with Crippen LogP contribution < -0.4 is 10.6 Å². The van der Waals surface area contributed by atoms with E-state index in [-0.39, 0.29) is 17.2 Å². The normalized spacial score (nSPS) is 10.0. The van der Waals surface area contributed by atoms with E-state index in [2.05, 4.69) is 26.6 Å². The number of anilines is 2. The Morgan fingerprint density at radius 2 is 1.76 bits per heavy atom. The molecule has 0 aliphatic carbocycles. The number of hydrogen-bond donors (Lipinski definition) is 3. The predicted molar refractivity (Wildman–Crippen MR) is 95.5 cm³/mol. The van der Waals surface area contributed by atoms with Crippen LogP contribution in [-0.2, 0) is 14.3 Å². The standard InChI is InChI=1S/C17H15BrN2O5/c1-10(21)19-12-3-2-4-13(8-12)20-16(23)9-25-17(24)14-7-11(18)5-6-15(14)22/h2-8,22H,9H2,1H3,(H,19,21)(H,20,23). The molecule has 0 spiro atoms. The van der Waals surface area contributed by atoms with Gasteiger partial charge in [0.05, 0.1) is 0 Å². The minimum absolute atomic E-state index is 0.0465. The number of ether oxygens (including phenoxy) is 1. The fourth-order valence-electron chi connectivity index (χ4n) is 1.96. The van der Waals surface area contributed by atoms with E-state index in [9.17, 15) is 19.5 Å². The van der Waals surface area contributed by atoms with Crippen LogP contribution in [0.15, 0.2) is 46.9 Å². The second-order valence-corrected chi connectivity index (χ2v) is 5.96. The van der Waals surface area contributed by atoms with Gasteiger partial charge >= 0.3 is 5.97 Å². The van der Waals surface area contributed by atoms with Gasteiger partial charge in [0.2, 0.25) is 5.91 Å². The summed E-state index contributed by atoms with van der Waals surface area (Å²) >= 11 is 3.18. The molecule has 0 saturated heterocycles. The lowest BCUT2D eigenvalue weighted by Gasteiger charge is -2.09. The third kappa shape index (κ3) is 5.61. The number of phenols is 1. The Labute approximate surface area is 152 Å². The maximum Gasteiger partial charge on any atom is 0.342 e. The summed E-state index contributed by atoms with van der Waals surface area (Å²) in [4.78, 5) is 34.8. The fourth-order valence-corrected chi connectivity index (χ4v) is 2.32. The second kappa shape index (κ2) is 8.29. The van der Waals surface area contributed by atoms with Crippen LogP contribution in [0.5, 0.6) is 5.75 Å². The number of carbonyl (C=O) groups excluding carboxylic acids is 3. The molecule has 0 aliphatic rings. The highest BCUT2D eigenvalue weighted by atomic mass is 79.9. The molecule has 0 unspecified atom stereocenters. The van der Waals surface area contributed by atoms with Gasteiger partial charge in [-0.25, -0.2) is 4.79 Å². The summed E-state index contributed by atoms with van der Waals surface area (Å²) in [7, 11) is 0. The first-order chi connectivity index (χ1) is 11.8. The molecule has 8 heteroatoms. The number of esters is 1. The molecule has 3 N–H and O–H groups in total. The molecular weight excluding hydrogens is 392 g/mol. The van der Waals surface area contributed by atoms with Crippen LogP contribution in [-0.4, -0.2) is 29.5 Å². The summed E-state index contributed by atoms with van der Waals surface area (Å²) in [5.41, 5.74) is 0.925. The van der Waals surface area contributed by atoms with Gasteiger partial charge in [0, 0.05) is 22.8 Å². The number of benzene rings is 2. The summed E-state index contributed by atoms with van der Waals surface area (Å²) < 4.78 is 5.49. The Bertz CT molecular complexity index is 822. The number of amides is 2. The van der Waals surface area contributed by atoms with E-state index in [4.69, 9.17) is 4.74 Å². The third-order valence-corrected chi connectivity index (χ3v) is 3.47. The Kier molecular flexibility index (Phi) is 6.13. The molecule has 2 amide bonds. The van der Waals surface area contributed by atoms with Crippen LogP contribution in [0.2, 0.25) is 0 Å². The molecule has 130 valence electrons. The molecule has 0 atom stereocenters. The minimum Gasteiger partial charge on any atom is -0.507 e. The topological polar surface area (TPSA) is 105 Å². The van der Waals surface area contributed by atoms with Crippen molar-refractivity contribution in [1.82, 2.24) is 0 Å². The minimum atomic E-state index is -0.819. The summed E-state index contributed by atoms with van der Waals surface area (Å²) in [5.74, 6) is -1.84. The van der Waals surface area contributed by atoms with Gasteiger partial charge in [-0.3, -0.25) is 9.59 Å². The summed E-state index contributed by atoms with van der Waals surface area (Å²) in [5, 5.41) is 14.8. The summed E-state index contributed by atoms with van der Waals surface area (Å²) in [6.45, 7) is 0.858. The van der Waals surface area contributed by atoms with Gasteiger partial charge < -0.3 is 20.5 Å². The first kappa shape index (κ1) is 18.5. The highest BCUT2D eigenvalue weighted by molar-refractivity contribution is 9.10. The Balaban J connectivity index is 1.93. The van der Waals surface area contributed by atoms with Crippen LogP contribution in [0.3, 0.4) is 0 Å². The van der Waals surface area contributed by atoms with Crippen molar-refractivity contribution in [2.45, 2.75) is 6.92 Å². The van der Waals surface area contributed by atoms with E-state index in [0.717, 1.165) is 0 Å². The van der Waals surface area contributed by atoms with E-state index >= 15 is 0 Å². The van der Waals surface area contributed by atoms with E-state index in [1.54, 1.807) is 30.3 Å². The Hall–Kier alpha value is -2.87. The number of rotatable bonds is 5. The predicted octanol–water partition coefficient (Wildman–Crippen LogP) is 2.91. The van der Waals surface area contributed by atoms with Crippen LogP contribution in [0.4, 0.5) is 11.4 Å². The van der Waals surface area contributed by atoms with E-state index in [0.29, 0.717) is 15.8 Å². The number of phenolic OH excluding ortho intramolecular Hbond substituents is 1. The van der Waals surface area contributed by atoms with Gasteiger partial charge in [-0.1, -0.05) is 22.0 Å². The quantitative estimate of drug-likeness (QED) is 0.662. The molecule has 7 nitrogen and oxygen atoms in total. The lowest BCUT2D eigenvalue weighted by atomic mass is 10.2. The summed E-state index contributed by atoms with van der Waals surface area (Å²) in [6.07, 6.45) is 0. The van der Waals surface area contributed by atoms with Crippen molar-refractivity contribution in [3.63, 3.8) is 0 Å². The van der Waals surface area contributed by atoms with Crippen molar-refractivity contribution in [1.29, 1.82) is 0 Å². The maximum absolute atomic E-state index is 11.9. The zero-order chi connectivity index (χ0) is 18.4. The van der Waals surface area contributed by atoms with Gasteiger partial charge in [-0.15, -0.1) is 0 Å². The lowest BCUT2D eigenvalue weighted by Crippen LogP contribution is -2.21. The summed E-state index contributed by atoms with van der Waals surface area (Å²) in [6, 6.07) is 10.8. The van der Waals surface area contributed by atoms with Crippen molar-refractivity contribution in [3.8, 4) is 5.75 Å². The number of halogens is 1. The molecule has 0 bridgehead atoms. The molecule has 0 heterocycles. The zero-order valence-corrected chi connectivity index (χ0v) is 14.8. The smallest absolute Gasteiger partial charge is 0.342 e. The Morgan fingerprint density at radius 3 is 2.44 bits per heavy atom. The SMILES string of the molecule is CC(=O)Nc1cccc(NC(=O)COC(=O)c2cc(Br)ccc2O)c1. The van der Waals surface area contributed by atoms with E-state index < -0.39 is 18.5 Å². The fraction of sp³-hybridized carbons (Fsp3) is 0.118. The van der Waals surface area contributed by atoms with Gasteiger partial charge in [0.25, 0.3) is 5.91 Å². The molecule has 0 aliphatic heterocycles. The number of carbonyl (C=O) groups is 3. The third-order valence-electron chi connectivity index (χ3n) is 2.98. The largest absolute Gasteiger partial charge is 0.507 e. The average Bonchev–Trinajstić information content (AvgIpc) is 2.54. The van der Waals surface area contributed by atoms with Crippen LogP contribution in [0, 0.1) is 0 Å². The number of aromatic hydroxyl groups is 1. The number of hydrogen-bond acceptors (Lipinski definition) is 5. The second-order valence-electron chi connectivity index (χ2n) is 5.05. The van der Waals surface area contributed by atoms with E-state index in [1.165, 1.54) is 19.1 Å². The first-order valence-corrected chi connectivity index (χ1v) is 7.97. The Morgan fingerprint density at radius 1 is 1.08 bits per heavy atom. The molecule has 0 fully saturated rings. The molecule has 0 saturated carbocycles. The van der Waals surface area contributed by atoms with Crippen molar-refractivity contribution in [2.24, 2.45) is 0 Å². The van der Waals surface area contributed by atoms with Crippen LogP contribution >= 0.6 is 15.9 Å². The molecular formula is C17H15BrN2O5. The van der Waals surface area contributed by atoms with Gasteiger partial charge in [0.15, 0.2) is 6.61 Å². The monoisotopic (exact) mass is 406 g/mol. The molecule has 0 radical (unpaired) electrons. The van der Waals surface area contributed by atoms with Crippen LogP contribution in [0.1, 0.15) is 17.3 Å². The van der Waals surface area contributed by atoms with Gasteiger partial charge in [-0.2, -0.15) is 0 Å². The first-order valence-electron chi connectivity index (χ1n) is 7.18. The number of nitrogens with one attached hydrogen (secondary N) is 2. The molecule has 0 aromatic heterocycles. The van der Waals surface area contributed by atoms with Crippen molar-refractivity contribution in [2.75, 3.05) is 17.2 Å². The van der Waals surface area contributed by atoms with E-state index in [1.807, 2.05) is 0 Å². The molecule has 25 heavy (non-hydrogen) atoms. The average molecular weight is 407 g/mol. The van der Waals surface area contributed by atoms with Crippen LogP contribution in [0.25, 0.3) is 0 Å². The highest BCUT2D eigenvalue weighted by Gasteiger charge is 2.15. The highest BCUT2D eigenvalue weighted by Crippen LogP contribution is 2.22.